The Bertz CT molecular complexity index is 507. The second-order valence-corrected chi connectivity index (χ2v) is 5.51. The van der Waals surface area contributed by atoms with E-state index in [1.54, 1.807) is 32.0 Å². The molecule has 0 aromatic carbocycles. The number of rotatable bonds is 4. The average molecular weight is 294 g/mol. The zero-order chi connectivity index (χ0) is 15.4. The molecule has 0 bridgehead atoms. The van der Waals surface area contributed by atoms with E-state index in [-0.39, 0.29) is 30.1 Å². The number of nitrogens with zero attached hydrogens (tertiary/aromatic N) is 5. The Morgan fingerprint density at radius 1 is 1.33 bits per heavy atom. The molecule has 21 heavy (non-hydrogen) atoms. The van der Waals surface area contributed by atoms with E-state index >= 15 is 0 Å². The molecule has 1 aliphatic heterocycles. The summed E-state index contributed by atoms with van der Waals surface area (Å²) in [5.41, 5.74) is 0.280. The first-order chi connectivity index (χ1) is 9.99. The Morgan fingerprint density at radius 3 is 2.62 bits per heavy atom. The third-order valence-corrected chi connectivity index (χ3v) is 3.63. The summed E-state index contributed by atoms with van der Waals surface area (Å²) in [4.78, 5) is 26.7. The predicted molar refractivity (Wildman–Crippen MR) is 76.8 cm³/mol. The minimum atomic E-state index is -0.287. The van der Waals surface area contributed by atoms with Crippen LogP contribution in [-0.4, -0.2) is 77.4 Å². The average Bonchev–Trinajstić information content (AvgIpc) is 2.96. The fourth-order valence-electron chi connectivity index (χ4n) is 2.24. The molecule has 0 spiro atoms. The van der Waals surface area contributed by atoms with Gasteiger partial charge in [0, 0.05) is 21.1 Å². The van der Waals surface area contributed by atoms with Gasteiger partial charge in [0.05, 0.1) is 18.8 Å². The molecule has 0 radical (unpaired) electrons. The lowest BCUT2D eigenvalue weighted by molar-refractivity contribution is -0.129. The van der Waals surface area contributed by atoms with Crippen LogP contribution >= 0.6 is 0 Å². The molecule has 0 atom stereocenters. The van der Waals surface area contributed by atoms with Crippen LogP contribution < -0.4 is 5.32 Å². The summed E-state index contributed by atoms with van der Waals surface area (Å²) in [6.07, 6.45) is 3.63. The van der Waals surface area contributed by atoms with E-state index in [4.69, 9.17) is 0 Å². The smallest absolute Gasteiger partial charge is 0.276 e. The van der Waals surface area contributed by atoms with Crippen molar-refractivity contribution in [3.8, 4) is 0 Å². The number of amides is 2. The molecule has 116 valence electrons. The highest BCUT2D eigenvalue weighted by Crippen LogP contribution is 2.17. The van der Waals surface area contributed by atoms with Gasteiger partial charge in [-0.1, -0.05) is 5.21 Å². The van der Waals surface area contributed by atoms with Crippen molar-refractivity contribution >= 4 is 11.8 Å². The maximum absolute atomic E-state index is 12.2. The van der Waals surface area contributed by atoms with Crippen LogP contribution in [0.2, 0.25) is 0 Å². The monoisotopic (exact) mass is 294 g/mol. The number of aromatic nitrogens is 3. The summed E-state index contributed by atoms with van der Waals surface area (Å²) in [6.45, 7) is 1.93. The molecular weight excluding hydrogens is 272 g/mol. The zero-order valence-electron chi connectivity index (χ0n) is 12.7. The SMILES string of the molecule is CN(C)C(=O)CN(C)C(=O)c1cn(C2CCNCC2)nn1. The lowest BCUT2D eigenvalue weighted by Gasteiger charge is -2.22. The molecular formula is C13H22N6O2. The summed E-state index contributed by atoms with van der Waals surface area (Å²) < 4.78 is 1.76. The Morgan fingerprint density at radius 2 is 2.00 bits per heavy atom. The number of carbonyl (C=O) groups excluding carboxylic acids is 2. The quantitative estimate of drug-likeness (QED) is 0.799. The third-order valence-electron chi connectivity index (χ3n) is 3.63. The van der Waals surface area contributed by atoms with Crippen molar-refractivity contribution < 1.29 is 9.59 Å². The van der Waals surface area contributed by atoms with E-state index < -0.39 is 0 Å². The molecule has 1 N–H and O–H groups in total. The number of likely N-dealkylation sites (N-methyl/N-ethyl adjacent to an activating group) is 2. The first-order valence-electron chi connectivity index (χ1n) is 7.07. The van der Waals surface area contributed by atoms with Crippen molar-refractivity contribution in [3.63, 3.8) is 0 Å². The lowest BCUT2D eigenvalue weighted by atomic mass is 10.1. The largest absolute Gasteiger partial charge is 0.347 e. The molecule has 8 heteroatoms. The van der Waals surface area contributed by atoms with Crippen LogP contribution in [0.3, 0.4) is 0 Å². The molecule has 8 nitrogen and oxygen atoms in total. The van der Waals surface area contributed by atoms with E-state index in [0.717, 1.165) is 25.9 Å². The van der Waals surface area contributed by atoms with Crippen LogP contribution in [0, 0.1) is 0 Å². The van der Waals surface area contributed by atoms with E-state index in [2.05, 4.69) is 15.6 Å². The third kappa shape index (κ3) is 3.78. The van der Waals surface area contributed by atoms with E-state index in [1.165, 1.54) is 9.80 Å². The maximum Gasteiger partial charge on any atom is 0.276 e. The van der Waals surface area contributed by atoms with Crippen molar-refractivity contribution in [1.29, 1.82) is 0 Å². The summed E-state index contributed by atoms with van der Waals surface area (Å²) in [5.74, 6) is -0.415. The van der Waals surface area contributed by atoms with Crippen LogP contribution in [-0.2, 0) is 4.79 Å². The highest BCUT2D eigenvalue weighted by atomic mass is 16.2. The van der Waals surface area contributed by atoms with Crippen LogP contribution in [0.1, 0.15) is 29.4 Å². The molecule has 2 amide bonds. The van der Waals surface area contributed by atoms with Gasteiger partial charge in [-0.15, -0.1) is 5.10 Å². The van der Waals surface area contributed by atoms with Gasteiger partial charge >= 0.3 is 0 Å². The highest BCUT2D eigenvalue weighted by molar-refractivity contribution is 5.94. The number of hydrogen-bond donors (Lipinski definition) is 1. The minimum Gasteiger partial charge on any atom is -0.347 e. The summed E-state index contributed by atoms with van der Waals surface area (Å²) in [6, 6.07) is 0.286. The van der Waals surface area contributed by atoms with E-state index in [9.17, 15) is 9.59 Å². The summed E-state index contributed by atoms with van der Waals surface area (Å²) in [7, 11) is 4.91. The Hall–Kier alpha value is -1.96. The minimum absolute atomic E-state index is 0.0338. The molecule has 1 saturated heterocycles. The van der Waals surface area contributed by atoms with Crippen LogP contribution in [0.15, 0.2) is 6.20 Å². The van der Waals surface area contributed by atoms with Crippen molar-refractivity contribution in [2.75, 3.05) is 40.8 Å². The first kappa shape index (κ1) is 15.4. The molecule has 0 saturated carbocycles. The number of carbonyl (C=O) groups is 2. The first-order valence-corrected chi connectivity index (χ1v) is 7.07. The van der Waals surface area contributed by atoms with Crippen molar-refractivity contribution in [1.82, 2.24) is 30.1 Å². The fraction of sp³-hybridized carbons (Fsp3) is 0.692. The van der Waals surface area contributed by atoms with Crippen molar-refractivity contribution in [2.24, 2.45) is 0 Å². The normalized spacial score (nSPS) is 15.8. The molecule has 0 aliphatic carbocycles. The Labute approximate surface area is 124 Å². The Balaban J connectivity index is 1.99. The molecule has 1 aromatic rings. The zero-order valence-corrected chi connectivity index (χ0v) is 12.7. The van der Waals surface area contributed by atoms with Gasteiger partial charge in [0.2, 0.25) is 5.91 Å². The fourth-order valence-corrected chi connectivity index (χ4v) is 2.24. The van der Waals surface area contributed by atoms with Gasteiger partial charge in [0.15, 0.2) is 5.69 Å². The van der Waals surface area contributed by atoms with Gasteiger partial charge < -0.3 is 15.1 Å². The summed E-state index contributed by atoms with van der Waals surface area (Å²) >= 11 is 0. The predicted octanol–water partition coefficient (Wildman–Crippen LogP) is -0.637. The molecule has 1 aromatic heterocycles. The van der Waals surface area contributed by atoms with Crippen molar-refractivity contribution in [3.05, 3.63) is 11.9 Å². The van der Waals surface area contributed by atoms with Gasteiger partial charge in [-0.3, -0.25) is 9.59 Å². The van der Waals surface area contributed by atoms with Crippen LogP contribution in [0.4, 0.5) is 0 Å². The molecule has 0 unspecified atom stereocenters. The molecule has 1 fully saturated rings. The maximum atomic E-state index is 12.2. The van der Waals surface area contributed by atoms with Gasteiger partial charge in [0.25, 0.3) is 5.91 Å². The van der Waals surface area contributed by atoms with E-state index in [1.807, 2.05) is 0 Å². The second-order valence-electron chi connectivity index (χ2n) is 5.51. The van der Waals surface area contributed by atoms with Crippen LogP contribution in [0.5, 0.6) is 0 Å². The van der Waals surface area contributed by atoms with Gasteiger partial charge in [-0.25, -0.2) is 4.68 Å². The Kier molecular flexibility index (Phi) is 4.89. The van der Waals surface area contributed by atoms with Gasteiger partial charge in [-0.05, 0) is 25.9 Å². The number of nitrogens with one attached hydrogen (secondary N) is 1. The van der Waals surface area contributed by atoms with Gasteiger partial charge in [-0.2, -0.15) is 0 Å². The highest BCUT2D eigenvalue weighted by Gasteiger charge is 2.21. The van der Waals surface area contributed by atoms with Gasteiger partial charge in [0.1, 0.15) is 0 Å². The topological polar surface area (TPSA) is 83.4 Å². The van der Waals surface area contributed by atoms with Crippen LogP contribution in [0.25, 0.3) is 0 Å². The number of piperidine rings is 1. The van der Waals surface area contributed by atoms with E-state index in [0.29, 0.717) is 0 Å². The second kappa shape index (κ2) is 6.66. The summed E-state index contributed by atoms with van der Waals surface area (Å²) in [5, 5.41) is 11.3. The lowest BCUT2D eigenvalue weighted by Crippen LogP contribution is -2.37. The molecule has 2 heterocycles. The van der Waals surface area contributed by atoms with Crippen molar-refractivity contribution in [2.45, 2.75) is 18.9 Å². The number of hydrogen-bond acceptors (Lipinski definition) is 5. The molecule has 2 rings (SSSR count). The standard InChI is InChI=1S/C13H22N6O2/c1-17(2)12(20)9-18(3)13(21)11-8-19(16-15-11)10-4-6-14-7-5-10/h8,10,14H,4-7,9H2,1-3H3. The molecule has 1 aliphatic rings.